The van der Waals surface area contributed by atoms with Crippen LogP contribution >= 0.6 is 0 Å². The fourth-order valence-electron chi connectivity index (χ4n) is 5.74. The van der Waals surface area contributed by atoms with E-state index in [4.69, 9.17) is 9.92 Å². The minimum atomic E-state index is -2.08. The molecule has 0 fully saturated rings. The van der Waals surface area contributed by atoms with Gasteiger partial charge >= 0.3 is 0 Å². The zero-order valence-electron chi connectivity index (χ0n) is 22.6. The van der Waals surface area contributed by atoms with Crippen molar-refractivity contribution in [3.05, 3.63) is 115 Å². The third-order valence-corrected chi connectivity index (χ3v) is 11.5. The highest BCUT2D eigenvalue weighted by Crippen LogP contribution is 2.40. The van der Waals surface area contributed by atoms with E-state index < -0.39 is 8.07 Å². The number of hydroxylamine groups is 1. The van der Waals surface area contributed by atoms with Gasteiger partial charge in [-0.05, 0) is 61.0 Å². The Hall–Kier alpha value is -4.39. The molecule has 6 aromatic rings. The highest BCUT2D eigenvalue weighted by molar-refractivity contribution is 7.00. The second-order valence-electron chi connectivity index (χ2n) is 10.8. The number of benzene rings is 4. The minimum Gasteiger partial charge on any atom is -0.294 e. The van der Waals surface area contributed by atoms with Crippen molar-refractivity contribution in [3.63, 3.8) is 0 Å². The number of para-hydroxylation sites is 3. The molecule has 0 radical (unpaired) electrons. The Morgan fingerprint density at radius 2 is 1.44 bits per heavy atom. The Labute approximate surface area is 229 Å². The molecule has 0 saturated heterocycles. The molecule has 0 atom stereocenters. The summed E-state index contributed by atoms with van der Waals surface area (Å²) < 4.78 is 2.31. The van der Waals surface area contributed by atoms with Gasteiger partial charge in [0.05, 0.1) is 28.1 Å². The summed E-state index contributed by atoms with van der Waals surface area (Å²) in [6, 6.07) is 37.0. The van der Waals surface area contributed by atoms with Crippen molar-refractivity contribution < 1.29 is 4.94 Å². The van der Waals surface area contributed by atoms with Crippen molar-refractivity contribution in [3.8, 4) is 5.82 Å². The van der Waals surface area contributed by atoms with Gasteiger partial charge in [0.1, 0.15) is 13.9 Å². The third-order valence-electron chi connectivity index (χ3n) is 7.97. The van der Waals surface area contributed by atoms with Crippen molar-refractivity contribution >= 4 is 57.3 Å². The highest BCUT2D eigenvalue weighted by Gasteiger charge is 2.30. The molecule has 5 nitrogen and oxygen atoms in total. The van der Waals surface area contributed by atoms with E-state index in [1.54, 1.807) is 0 Å². The van der Waals surface area contributed by atoms with Crippen LogP contribution in [0.25, 0.3) is 27.6 Å². The summed E-state index contributed by atoms with van der Waals surface area (Å²) in [5.74, 6) is 0.953. The molecule has 1 aliphatic heterocycles. The van der Waals surface area contributed by atoms with Gasteiger partial charge in [-0.25, -0.2) is 10.0 Å². The first-order valence-corrected chi connectivity index (χ1v) is 16.3. The van der Waals surface area contributed by atoms with Gasteiger partial charge in [0, 0.05) is 24.0 Å². The molecule has 0 saturated carbocycles. The van der Waals surface area contributed by atoms with Crippen LogP contribution in [-0.4, -0.2) is 24.7 Å². The van der Waals surface area contributed by atoms with E-state index in [-0.39, 0.29) is 0 Å². The van der Waals surface area contributed by atoms with Gasteiger partial charge in [0.2, 0.25) is 0 Å². The second kappa shape index (κ2) is 8.83. The van der Waals surface area contributed by atoms with Crippen LogP contribution in [0.15, 0.2) is 109 Å². The van der Waals surface area contributed by atoms with Crippen molar-refractivity contribution in [2.45, 2.75) is 20.0 Å². The van der Waals surface area contributed by atoms with Crippen molar-refractivity contribution in [1.82, 2.24) is 9.55 Å². The monoisotopic (exact) mass is 526 g/mol. The SMILES string of the molecule is Cc1ccnc(-n2c3ccccc3c3ccc([Si](C)(C)c4cccc(N5ON(C)c6ccccc65)c4)cc32)c1. The van der Waals surface area contributed by atoms with Crippen molar-refractivity contribution in [1.29, 1.82) is 0 Å². The zero-order chi connectivity index (χ0) is 26.7. The Morgan fingerprint density at radius 1 is 0.692 bits per heavy atom. The van der Waals surface area contributed by atoms with Crippen LogP contribution in [-0.2, 0) is 4.94 Å². The van der Waals surface area contributed by atoms with Gasteiger partial charge in [-0.15, -0.1) is 4.94 Å². The van der Waals surface area contributed by atoms with E-state index in [9.17, 15) is 0 Å². The summed E-state index contributed by atoms with van der Waals surface area (Å²) in [5, 5.41) is 8.97. The van der Waals surface area contributed by atoms with Gasteiger partial charge in [-0.2, -0.15) is 5.06 Å². The highest BCUT2D eigenvalue weighted by atomic mass is 28.3. The van der Waals surface area contributed by atoms with Gasteiger partial charge < -0.3 is 0 Å². The number of aryl methyl sites for hydroxylation is 1. The molecule has 0 aliphatic carbocycles. The number of aromatic nitrogens is 2. The molecule has 0 unspecified atom stereocenters. The van der Waals surface area contributed by atoms with Gasteiger partial charge in [0.15, 0.2) is 0 Å². The first-order valence-electron chi connectivity index (χ1n) is 13.3. The van der Waals surface area contributed by atoms with E-state index in [0.717, 1.165) is 22.9 Å². The molecule has 0 spiro atoms. The van der Waals surface area contributed by atoms with E-state index in [1.165, 1.54) is 37.7 Å². The van der Waals surface area contributed by atoms with Crippen LogP contribution < -0.4 is 20.5 Å². The van der Waals surface area contributed by atoms with Crippen molar-refractivity contribution in [2.24, 2.45) is 0 Å². The Morgan fingerprint density at radius 3 is 2.28 bits per heavy atom. The molecule has 4 aromatic carbocycles. The minimum absolute atomic E-state index is 0.953. The first kappa shape index (κ1) is 23.7. The normalized spacial score (nSPS) is 13.4. The lowest BCUT2D eigenvalue weighted by atomic mass is 10.1. The molecule has 192 valence electrons. The first-order chi connectivity index (χ1) is 18.9. The van der Waals surface area contributed by atoms with Gasteiger partial charge in [-0.1, -0.05) is 78.1 Å². The third kappa shape index (κ3) is 3.75. The van der Waals surface area contributed by atoms with E-state index >= 15 is 0 Å². The number of pyridine rings is 1. The van der Waals surface area contributed by atoms with Crippen LogP contribution in [0.1, 0.15) is 5.56 Å². The average molecular weight is 527 g/mol. The quantitative estimate of drug-likeness (QED) is 0.238. The largest absolute Gasteiger partial charge is 0.294 e. The Balaban J connectivity index is 1.36. The molecule has 7 rings (SSSR count). The van der Waals surface area contributed by atoms with Crippen LogP contribution in [0.4, 0.5) is 17.1 Å². The molecule has 0 N–H and O–H groups in total. The van der Waals surface area contributed by atoms with E-state index in [2.05, 4.69) is 110 Å². The molecule has 1 aliphatic rings. The Bertz CT molecular complexity index is 1880. The van der Waals surface area contributed by atoms with Crippen LogP contribution in [0.5, 0.6) is 0 Å². The Kier molecular flexibility index (Phi) is 5.37. The predicted molar refractivity (Wildman–Crippen MR) is 165 cm³/mol. The number of hydrogen-bond acceptors (Lipinski definition) is 4. The zero-order valence-corrected chi connectivity index (χ0v) is 23.6. The smallest absolute Gasteiger partial charge is 0.137 e. The summed E-state index contributed by atoms with van der Waals surface area (Å²) in [4.78, 5) is 10.9. The molecule has 0 amide bonds. The van der Waals surface area contributed by atoms with E-state index in [1.807, 2.05) is 41.6 Å². The summed E-state index contributed by atoms with van der Waals surface area (Å²) in [6.45, 7) is 6.97. The summed E-state index contributed by atoms with van der Waals surface area (Å²) in [7, 11) is -0.134. The standard InChI is InChI=1S/C33H30N4OSi/c1-23-18-19-34-33(20-23)36-29-13-6-5-12-27(29)28-17-16-26(22-32(28)36)39(3,4)25-11-9-10-24(21-25)37-31-15-8-7-14-30(31)35(2)38-37/h5-22H,1-4H3. The van der Waals surface area contributed by atoms with Gasteiger partial charge in [-0.3, -0.25) is 4.57 Å². The van der Waals surface area contributed by atoms with E-state index in [0.29, 0.717) is 0 Å². The fourth-order valence-corrected chi connectivity index (χ4v) is 8.09. The second-order valence-corrected chi connectivity index (χ2v) is 15.2. The lowest BCUT2D eigenvalue weighted by molar-refractivity contribution is 0.142. The van der Waals surface area contributed by atoms with Crippen LogP contribution in [0, 0.1) is 6.92 Å². The topological polar surface area (TPSA) is 33.5 Å². The lowest BCUT2D eigenvalue weighted by Crippen LogP contribution is -2.52. The molecule has 3 heterocycles. The molecule has 2 aromatic heterocycles. The maximum Gasteiger partial charge on any atom is 0.137 e. The number of nitrogens with zero attached hydrogens (tertiary/aromatic N) is 4. The average Bonchev–Trinajstić information content (AvgIpc) is 3.48. The number of fused-ring (bicyclic) bond motifs is 4. The van der Waals surface area contributed by atoms with Crippen LogP contribution in [0.2, 0.25) is 13.1 Å². The number of hydrogen-bond donors (Lipinski definition) is 0. The fraction of sp³-hybridized carbons (Fsp3) is 0.121. The van der Waals surface area contributed by atoms with Gasteiger partial charge in [0.25, 0.3) is 0 Å². The molecule has 0 bridgehead atoms. The molecule has 39 heavy (non-hydrogen) atoms. The lowest BCUT2D eigenvalue weighted by Gasteiger charge is -2.26. The predicted octanol–water partition coefficient (Wildman–Crippen LogP) is 6.74. The summed E-state index contributed by atoms with van der Waals surface area (Å²) >= 11 is 0. The number of anilines is 3. The maximum absolute atomic E-state index is 6.13. The van der Waals surface area contributed by atoms with Crippen molar-refractivity contribution in [2.75, 3.05) is 17.2 Å². The molecular formula is C33H30N4OSi. The summed E-state index contributed by atoms with van der Waals surface area (Å²) in [5.41, 5.74) is 6.71. The number of rotatable bonds is 4. The van der Waals surface area contributed by atoms with Crippen LogP contribution in [0.3, 0.4) is 0 Å². The molecular weight excluding hydrogens is 496 g/mol. The summed E-state index contributed by atoms with van der Waals surface area (Å²) in [6.07, 6.45) is 1.90. The maximum atomic E-state index is 6.13. The molecule has 6 heteroatoms.